The van der Waals surface area contributed by atoms with Crippen LogP contribution in [0.1, 0.15) is 25.0 Å². The van der Waals surface area contributed by atoms with E-state index >= 15 is 0 Å². The molecule has 0 saturated carbocycles. The van der Waals surface area contributed by atoms with Crippen LogP contribution >= 0.6 is 0 Å². The highest BCUT2D eigenvalue weighted by Gasteiger charge is 2.12. The van der Waals surface area contributed by atoms with Gasteiger partial charge < -0.3 is 14.2 Å². The molecule has 122 valence electrons. The van der Waals surface area contributed by atoms with Crippen molar-refractivity contribution in [3.05, 3.63) is 53.6 Å². The lowest BCUT2D eigenvalue weighted by Crippen LogP contribution is -2.12. The highest BCUT2D eigenvalue weighted by molar-refractivity contribution is 5.76. The number of hydrogen-bond acceptors (Lipinski definition) is 4. The smallest absolute Gasteiger partial charge is 0.315 e. The molecule has 0 spiro atoms. The molecule has 0 saturated heterocycles. The zero-order chi connectivity index (χ0) is 16.7. The van der Waals surface area contributed by atoms with Gasteiger partial charge in [-0.15, -0.1) is 0 Å². The predicted molar refractivity (Wildman–Crippen MR) is 89.3 cm³/mol. The fraction of sp³-hybridized carbons (Fsp3) is 0.316. The maximum absolute atomic E-state index is 12.1. The van der Waals surface area contributed by atoms with Crippen molar-refractivity contribution >= 4 is 5.97 Å². The average molecular weight is 314 g/mol. The van der Waals surface area contributed by atoms with Crippen molar-refractivity contribution in [3.63, 3.8) is 0 Å². The van der Waals surface area contributed by atoms with Crippen molar-refractivity contribution in [2.45, 2.75) is 26.7 Å². The normalized spacial score (nSPS) is 10.2. The van der Waals surface area contributed by atoms with E-state index in [1.165, 1.54) is 0 Å². The fourth-order valence-corrected chi connectivity index (χ4v) is 2.19. The zero-order valence-corrected chi connectivity index (χ0v) is 13.8. The fourth-order valence-electron chi connectivity index (χ4n) is 2.19. The molecule has 0 bridgehead atoms. The summed E-state index contributed by atoms with van der Waals surface area (Å²) in [6.45, 7) is 4.50. The molecule has 0 fully saturated rings. The van der Waals surface area contributed by atoms with Gasteiger partial charge >= 0.3 is 5.97 Å². The van der Waals surface area contributed by atoms with Crippen LogP contribution in [0.25, 0.3) is 0 Å². The van der Waals surface area contributed by atoms with Gasteiger partial charge in [0.2, 0.25) is 0 Å². The van der Waals surface area contributed by atoms with Gasteiger partial charge in [-0.2, -0.15) is 0 Å². The Morgan fingerprint density at radius 1 is 0.957 bits per heavy atom. The van der Waals surface area contributed by atoms with Gasteiger partial charge in [-0.1, -0.05) is 25.1 Å². The molecule has 23 heavy (non-hydrogen) atoms. The second kappa shape index (κ2) is 8.22. The number of methoxy groups -OCH3 is 1. The monoisotopic (exact) mass is 314 g/mol. The molecule has 0 radical (unpaired) electrons. The predicted octanol–water partition coefficient (Wildman–Crippen LogP) is 3.80. The van der Waals surface area contributed by atoms with Crippen molar-refractivity contribution in [1.82, 2.24) is 0 Å². The van der Waals surface area contributed by atoms with E-state index in [0.29, 0.717) is 18.1 Å². The van der Waals surface area contributed by atoms with E-state index in [1.54, 1.807) is 13.2 Å². The topological polar surface area (TPSA) is 44.8 Å². The summed E-state index contributed by atoms with van der Waals surface area (Å²) in [6.07, 6.45) is 1.10. The van der Waals surface area contributed by atoms with Gasteiger partial charge in [0.25, 0.3) is 0 Å². The van der Waals surface area contributed by atoms with Crippen molar-refractivity contribution in [1.29, 1.82) is 0 Å². The number of ether oxygens (including phenoxy) is 3. The maximum Gasteiger partial charge on any atom is 0.315 e. The third kappa shape index (κ3) is 4.74. The summed E-state index contributed by atoms with van der Waals surface area (Å²) in [6, 6.07) is 13.0. The van der Waals surface area contributed by atoms with E-state index in [4.69, 9.17) is 14.2 Å². The molecule has 0 aliphatic rings. The zero-order valence-electron chi connectivity index (χ0n) is 13.8. The quantitative estimate of drug-likeness (QED) is 0.576. The van der Waals surface area contributed by atoms with Crippen LogP contribution in [0.4, 0.5) is 0 Å². The van der Waals surface area contributed by atoms with Crippen molar-refractivity contribution in [2.24, 2.45) is 0 Å². The standard InChI is InChI=1S/C19H22O4/c1-4-14-8-11-17(18(12-14)22-5-2)23-19(20)13-15-6-9-16(21-3)10-7-15/h6-12H,4-5,13H2,1-3H3. The molecule has 2 rings (SSSR count). The van der Waals surface area contributed by atoms with Gasteiger partial charge in [0.15, 0.2) is 11.5 Å². The lowest BCUT2D eigenvalue weighted by atomic mass is 10.1. The van der Waals surface area contributed by atoms with Gasteiger partial charge in [-0.05, 0) is 48.7 Å². The maximum atomic E-state index is 12.1. The number of carbonyl (C=O) groups excluding carboxylic acids is 1. The van der Waals surface area contributed by atoms with Crippen molar-refractivity contribution in [2.75, 3.05) is 13.7 Å². The largest absolute Gasteiger partial charge is 0.497 e. The summed E-state index contributed by atoms with van der Waals surface area (Å²) in [5.74, 6) is 1.51. The van der Waals surface area contributed by atoms with Crippen molar-refractivity contribution < 1.29 is 19.0 Å². The molecule has 4 heteroatoms. The van der Waals surface area contributed by atoms with E-state index in [0.717, 1.165) is 23.3 Å². The molecule has 0 aliphatic carbocycles. The highest BCUT2D eigenvalue weighted by Crippen LogP contribution is 2.29. The second-order valence-electron chi connectivity index (χ2n) is 5.07. The Hall–Kier alpha value is -2.49. The SMILES string of the molecule is CCOc1cc(CC)ccc1OC(=O)Cc1ccc(OC)cc1. The molecule has 0 amide bonds. The molecule has 2 aromatic rings. The van der Waals surface area contributed by atoms with Crippen LogP contribution in [0.15, 0.2) is 42.5 Å². The minimum atomic E-state index is -0.319. The Bertz CT molecular complexity index is 647. The first-order chi connectivity index (χ1) is 11.2. The molecule has 2 aromatic carbocycles. The lowest BCUT2D eigenvalue weighted by Gasteiger charge is -2.12. The van der Waals surface area contributed by atoms with Gasteiger partial charge in [0, 0.05) is 0 Å². The number of hydrogen-bond donors (Lipinski definition) is 0. The summed E-state index contributed by atoms with van der Waals surface area (Å²) < 4.78 is 16.1. The van der Waals surface area contributed by atoms with Crippen LogP contribution in [0.2, 0.25) is 0 Å². The van der Waals surface area contributed by atoms with E-state index in [2.05, 4.69) is 6.92 Å². The molecular formula is C19H22O4. The van der Waals surface area contributed by atoms with E-state index in [-0.39, 0.29) is 12.4 Å². The summed E-state index contributed by atoms with van der Waals surface area (Å²) in [5, 5.41) is 0. The minimum Gasteiger partial charge on any atom is -0.497 e. The van der Waals surface area contributed by atoms with Crippen LogP contribution in [0, 0.1) is 0 Å². The van der Waals surface area contributed by atoms with Gasteiger partial charge in [0.1, 0.15) is 5.75 Å². The number of aryl methyl sites for hydroxylation is 1. The molecule has 0 aromatic heterocycles. The number of esters is 1. The van der Waals surface area contributed by atoms with Crippen molar-refractivity contribution in [3.8, 4) is 17.2 Å². The average Bonchev–Trinajstić information content (AvgIpc) is 2.57. The molecule has 0 heterocycles. The van der Waals surface area contributed by atoms with Crippen LogP contribution in [0.3, 0.4) is 0 Å². The Kier molecular flexibility index (Phi) is 6.03. The van der Waals surface area contributed by atoms with Crippen LogP contribution in [-0.2, 0) is 17.6 Å². The summed E-state index contributed by atoms with van der Waals surface area (Å²) in [7, 11) is 1.61. The van der Waals surface area contributed by atoms with E-state index < -0.39 is 0 Å². The number of rotatable bonds is 7. The molecular weight excluding hydrogens is 292 g/mol. The third-order valence-electron chi connectivity index (χ3n) is 3.45. The van der Waals surface area contributed by atoms with Gasteiger partial charge in [0.05, 0.1) is 20.1 Å². The number of carbonyl (C=O) groups is 1. The highest BCUT2D eigenvalue weighted by atomic mass is 16.6. The first-order valence-corrected chi connectivity index (χ1v) is 7.75. The minimum absolute atomic E-state index is 0.199. The summed E-state index contributed by atoms with van der Waals surface area (Å²) in [5.41, 5.74) is 2.02. The van der Waals surface area contributed by atoms with E-state index in [1.807, 2.05) is 43.3 Å². The van der Waals surface area contributed by atoms with Crippen LogP contribution < -0.4 is 14.2 Å². The Morgan fingerprint density at radius 2 is 1.65 bits per heavy atom. The van der Waals surface area contributed by atoms with Gasteiger partial charge in [-0.25, -0.2) is 0 Å². The van der Waals surface area contributed by atoms with Crippen LogP contribution in [-0.4, -0.2) is 19.7 Å². The van der Waals surface area contributed by atoms with Crippen LogP contribution in [0.5, 0.6) is 17.2 Å². The summed E-state index contributed by atoms with van der Waals surface area (Å²) in [4.78, 5) is 12.1. The summed E-state index contributed by atoms with van der Waals surface area (Å²) >= 11 is 0. The van der Waals surface area contributed by atoms with Gasteiger partial charge in [-0.3, -0.25) is 4.79 Å². The first kappa shape index (κ1) is 16.9. The molecule has 0 N–H and O–H groups in total. The Morgan fingerprint density at radius 3 is 2.26 bits per heavy atom. The molecule has 4 nitrogen and oxygen atoms in total. The third-order valence-corrected chi connectivity index (χ3v) is 3.45. The second-order valence-corrected chi connectivity index (χ2v) is 5.07. The Balaban J connectivity index is 2.06. The van der Waals surface area contributed by atoms with E-state index in [9.17, 15) is 4.79 Å². The lowest BCUT2D eigenvalue weighted by molar-refractivity contribution is -0.133. The molecule has 0 atom stereocenters. The Labute approximate surface area is 137 Å². The first-order valence-electron chi connectivity index (χ1n) is 7.75. The number of benzene rings is 2. The molecule has 0 unspecified atom stereocenters. The molecule has 0 aliphatic heterocycles.